The fourth-order valence-corrected chi connectivity index (χ4v) is 0. The molecule has 8 N–H and O–H groups in total. The first-order valence-electron chi connectivity index (χ1n) is 1.82. The SMILES string of the molecule is CC(=O)[O-].CC(=O)[O-].O.O.O.O.[H-].[H-].[Mg+2].[Mg+2]. The van der Waals surface area contributed by atoms with Gasteiger partial charge in [-0.05, 0) is 13.8 Å². The Kier molecular flexibility index (Phi) is 230. The predicted molar refractivity (Wildman–Crippen MR) is 49.5 cm³/mol. The van der Waals surface area contributed by atoms with E-state index < -0.39 is 11.9 Å². The van der Waals surface area contributed by atoms with Crippen molar-refractivity contribution in [1.29, 1.82) is 0 Å². The van der Waals surface area contributed by atoms with E-state index in [0.29, 0.717) is 0 Å². The predicted octanol–water partition coefficient (Wildman–Crippen LogP) is -6.32. The molecular weight excluding hydrogens is 225 g/mol. The Bertz CT molecular complexity index is 86.0. The maximum absolute atomic E-state index is 8.89. The maximum Gasteiger partial charge on any atom is 2.00 e. The van der Waals surface area contributed by atoms with Crippen molar-refractivity contribution in [2.24, 2.45) is 0 Å². The third-order valence-corrected chi connectivity index (χ3v) is 0. The minimum absolute atomic E-state index is 0. The van der Waals surface area contributed by atoms with Crippen LogP contribution in [0.25, 0.3) is 0 Å². The summed E-state index contributed by atoms with van der Waals surface area (Å²) in [5, 5.41) is 17.8. The topological polar surface area (TPSA) is 206 Å². The Labute approximate surface area is 116 Å². The zero-order valence-corrected chi connectivity index (χ0v) is 10.9. The van der Waals surface area contributed by atoms with Gasteiger partial charge >= 0.3 is 46.1 Å². The summed E-state index contributed by atoms with van der Waals surface area (Å²) < 4.78 is 0. The minimum atomic E-state index is -1.08. The molecule has 0 aromatic heterocycles. The fourth-order valence-electron chi connectivity index (χ4n) is 0. The standard InChI is InChI=1S/2C2H4O2.2Mg.4H2O.2H/c2*1-2(3)4;;;;;;;;/h2*1H3,(H,3,4);;;4*1H2;;/q;;2*+2;;;;;2*-1/p-2. The molecule has 0 rings (SSSR count). The summed E-state index contributed by atoms with van der Waals surface area (Å²) in [5.41, 5.74) is 0. The van der Waals surface area contributed by atoms with Crippen LogP contribution in [0, 0.1) is 0 Å². The van der Waals surface area contributed by atoms with Gasteiger partial charge in [-0.1, -0.05) is 0 Å². The number of carboxylic acid groups (broad SMARTS) is 2. The van der Waals surface area contributed by atoms with Crippen molar-refractivity contribution in [2.45, 2.75) is 13.8 Å². The summed E-state index contributed by atoms with van der Waals surface area (Å²) in [7, 11) is 0. The largest absolute Gasteiger partial charge is 2.00 e. The Balaban J connectivity index is -0.00000000375. The average molecular weight is 241 g/mol. The second kappa shape index (κ2) is 50.6. The smallest absolute Gasteiger partial charge is 1.00 e. The van der Waals surface area contributed by atoms with Gasteiger partial charge in [0.15, 0.2) is 0 Å². The van der Waals surface area contributed by atoms with Crippen molar-refractivity contribution >= 4 is 58.0 Å². The van der Waals surface area contributed by atoms with Crippen molar-refractivity contribution in [3.8, 4) is 0 Å². The van der Waals surface area contributed by atoms with Crippen molar-refractivity contribution in [2.75, 3.05) is 0 Å². The molecule has 0 saturated carbocycles. The summed E-state index contributed by atoms with van der Waals surface area (Å²) in [6.45, 7) is 1.94. The molecule has 0 amide bonds. The van der Waals surface area contributed by atoms with Gasteiger partial charge in [0.05, 0.1) is 0 Å². The number of hydrogen-bond acceptors (Lipinski definition) is 4. The Morgan fingerprint density at radius 3 is 0.786 bits per heavy atom. The van der Waals surface area contributed by atoms with E-state index in [9.17, 15) is 0 Å². The first-order chi connectivity index (χ1) is 3.46. The molecule has 0 saturated heterocycles. The molecule has 0 unspecified atom stereocenters. The molecule has 8 nitrogen and oxygen atoms in total. The molecule has 0 spiro atoms. The molecule has 0 radical (unpaired) electrons. The van der Waals surface area contributed by atoms with Crippen LogP contribution >= 0.6 is 0 Å². The van der Waals surface area contributed by atoms with Gasteiger partial charge in [-0.2, -0.15) is 0 Å². The number of carboxylic acids is 2. The zero-order chi connectivity index (χ0) is 7.15. The first kappa shape index (κ1) is 63.7. The van der Waals surface area contributed by atoms with E-state index in [-0.39, 0.29) is 70.9 Å². The Morgan fingerprint density at radius 1 is 0.786 bits per heavy atom. The summed E-state index contributed by atoms with van der Waals surface area (Å²) in [5.74, 6) is -2.17. The van der Waals surface area contributed by atoms with E-state index in [4.69, 9.17) is 19.8 Å². The molecule has 0 aliphatic heterocycles. The third kappa shape index (κ3) is 16100. The van der Waals surface area contributed by atoms with Crippen LogP contribution in [0.4, 0.5) is 0 Å². The Hall–Kier alpha value is 0.312. The molecule has 84 valence electrons. The van der Waals surface area contributed by atoms with E-state index in [1.807, 2.05) is 0 Å². The molecule has 0 bridgehead atoms. The van der Waals surface area contributed by atoms with Gasteiger partial charge in [-0.15, -0.1) is 0 Å². The normalized spacial score (nSPS) is 3.57. The van der Waals surface area contributed by atoms with Gasteiger partial charge in [-0.25, -0.2) is 0 Å². The van der Waals surface area contributed by atoms with Crippen LogP contribution in [0.3, 0.4) is 0 Å². The van der Waals surface area contributed by atoms with Crippen molar-refractivity contribution in [3.63, 3.8) is 0 Å². The van der Waals surface area contributed by atoms with Gasteiger partial charge in [-0.3, -0.25) is 0 Å². The quantitative estimate of drug-likeness (QED) is 0.378. The van der Waals surface area contributed by atoms with Gasteiger partial charge in [0.25, 0.3) is 0 Å². The molecule has 0 fully saturated rings. The number of rotatable bonds is 0. The maximum atomic E-state index is 8.89. The molecule has 0 aromatic rings. The van der Waals surface area contributed by atoms with Crippen LogP contribution in [0.2, 0.25) is 0 Å². The Morgan fingerprint density at radius 2 is 0.786 bits per heavy atom. The summed E-state index contributed by atoms with van der Waals surface area (Å²) in [6, 6.07) is 0. The van der Waals surface area contributed by atoms with Crippen LogP contribution in [0.5, 0.6) is 0 Å². The molecule has 0 heterocycles. The van der Waals surface area contributed by atoms with Gasteiger partial charge in [0.1, 0.15) is 0 Å². The molecule has 14 heavy (non-hydrogen) atoms. The second-order valence-electron chi connectivity index (χ2n) is 0.983. The monoisotopic (exact) mass is 240 g/mol. The number of carbonyl (C=O) groups is 2. The molecule has 0 aliphatic carbocycles. The van der Waals surface area contributed by atoms with E-state index in [1.54, 1.807) is 0 Å². The number of hydrogen-bond donors (Lipinski definition) is 0. The van der Waals surface area contributed by atoms with Crippen LogP contribution < -0.4 is 10.2 Å². The number of carbonyl (C=O) groups excluding carboxylic acids is 2. The molecule has 0 atom stereocenters. The second-order valence-corrected chi connectivity index (χ2v) is 0.983. The van der Waals surface area contributed by atoms with Crippen LogP contribution in [0.15, 0.2) is 0 Å². The molecular formula is C4H16Mg2O8. The van der Waals surface area contributed by atoms with E-state index in [2.05, 4.69) is 0 Å². The van der Waals surface area contributed by atoms with Crippen LogP contribution in [-0.4, -0.2) is 79.9 Å². The fraction of sp³-hybridized carbons (Fsp3) is 0.500. The number of aliphatic carboxylic acids is 2. The van der Waals surface area contributed by atoms with Gasteiger partial charge in [0, 0.05) is 11.9 Å². The molecule has 10 heteroatoms. The van der Waals surface area contributed by atoms with Crippen LogP contribution in [0.1, 0.15) is 16.7 Å². The van der Waals surface area contributed by atoms with Crippen LogP contribution in [-0.2, 0) is 9.59 Å². The molecule has 0 aliphatic rings. The van der Waals surface area contributed by atoms with Crippen molar-refractivity contribution in [3.05, 3.63) is 0 Å². The van der Waals surface area contributed by atoms with Crippen molar-refractivity contribution < 1.29 is 44.6 Å². The van der Waals surface area contributed by atoms with E-state index >= 15 is 0 Å². The summed E-state index contributed by atoms with van der Waals surface area (Å²) >= 11 is 0. The molecule has 0 aromatic carbocycles. The average Bonchev–Trinajstić information content (AvgIpc) is 1.25. The van der Waals surface area contributed by atoms with E-state index in [0.717, 1.165) is 13.8 Å². The zero-order valence-electron chi connectivity index (χ0n) is 10.0. The van der Waals surface area contributed by atoms with Gasteiger partial charge < -0.3 is 44.6 Å². The van der Waals surface area contributed by atoms with Gasteiger partial charge in [0.2, 0.25) is 0 Å². The summed E-state index contributed by atoms with van der Waals surface area (Å²) in [4.78, 5) is 17.8. The third-order valence-electron chi connectivity index (χ3n) is 0. The first-order valence-corrected chi connectivity index (χ1v) is 1.82. The summed E-state index contributed by atoms with van der Waals surface area (Å²) in [6.07, 6.45) is 0. The minimum Gasteiger partial charge on any atom is -1.00 e. The van der Waals surface area contributed by atoms with E-state index in [1.165, 1.54) is 0 Å². The van der Waals surface area contributed by atoms with Crippen molar-refractivity contribution in [1.82, 2.24) is 0 Å².